The van der Waals surface area contributed by atoms with Crippen LogP contribution in [0.2, 0.25) is 0 Å². The molecular weight excluding hydrogens is 226 g/mol. The van der Waals surface area contributed by atoms with Crippen LogP contribution in [0.5, 0.6) is 0 Å². The van der Waals surface area contributed by atoms with E-state index in [4.69, 9.17) is 16.0 Å². The minimum Gasteiger partial charge on any atom is -0.441 e. The third-order valence-corrected chi connectivity index (χ3v) is 2.34. The Balaban J connectivity index is 2.11. The zero-order valence-electron chi connectivity index (χ0n) is 8.52. The summed E-state index contributed by atoms with van der Waals surface area (Å²) >= 11 is 5.24. The number of hydrogen-bond donors (Lipinski definition) is 0. The molecule has 0 saturated heterocycles. The van der Waals surface area contributed by atoms with E-state index in [0.717, 1.165) is 5.56 Å². The van der Waals surface area contributed by atoms with Crippen LogP contribution in [0.1, 0.15) is 12.3 Å². The van der Waals surface area contributed by atoms with Gasteiger partial charge in [0.25, 0.3) is 0 Å². The average Bonchev–Trinajstić information content (AvgIpc) is 2.76. The van der Waals surface area contributed by atoms with Crippen LogP contribution in [0, 0.1) is 0 Å². The molecule has 0 N–H and O–H groups in total. The SMILES string of the molecule is O=C(Cl)CCc1ncc(-c2ccccc2)o1. The molecule has 0 unspecified atom stereocenters. The quantitative estimate of drug-likeness (QED) is 0.765. The first kappa shape index (κ1) is 10.9. The molecule has 0 bridgehead atoms. The predicted octanol–water partition coefficient (Wildman–Crippen LogP) is 3.04. The molecule has 0 radical (unpaired) electrons. The van der Waals surface area contributed by atoms with E-state index in [-0.39, 0.29) is 11.7 Å². The summed E-state index contributed by atoms with van der Waals surface area (Å²) in [5.74, 6) is 1.24. The minimum absolute atomic E-state index is 0.246. The van der Waals surface area contributed by atoms with Crippen LogP contribution < -0.4 is 0 Å². The fraction of sp³-hybridized carbons (Fsp3) is 0.167. The van der Waals surface area contributed by atoms with Crippen molar-refractivity contribution in [2.24, 2.45) is 0 Å². The average molecular weight is 236 g/mol. The Morgan fingerprint density at radius 1 is 1.31 bits per heavy atom. The summed E-state index contributed by atoms with van der Waals surface area (Å²) in [5.41, 5.74) is 0.971. The number of aromatic nitrogens is 1. The standard InChI is InChI=1S/C12H10ClNO2/c13-11(15)6-7-12-14-8-10(16-12)9-4-2-1-3-5-9/h1-5,8H,6-7H2. The second-order valence-electron chi connectivity index (χ2n) is 3.34. The molecule has 4 heteroatoms. The molecule has 1 heterocycles. The van der Waals surface area contributed by atoms with Gasteiger partial charge in [0.15, 0.2) is 11.7 Å². The Morgan fingerprint density at radius 3 is 2.75 bits per heavy atom. The van der Waals surface area contributed by atoms with Gasteiger partial charge in [-0.15, -0.1) is 0 Å². The number of rotatable bonds is 4. The van der Waals surface area contributed by atoms with Crippen molar-refractivity contribution in [3.8, 4) is 11.3 Å². The highest BCUT2D eigenvalue weighted by Gasteiger charge is 2.07. The van der Waals surface area contributed by atoms with Gasteiger partial charge in [-0.2, -0.15) is 0 Å². The molecule has 0 aliphatic rings. The normalized spacial score (nSPS) is 10.3. The molecular formula is C12H10ClNO2. The van der Waals surface area contributed by atoms with E-state index >= 15 is 0 Å². The van der Waals surface area contributed by atoms with E-state index in [1.165, 1.54) is 0 Å². The highest BCUT2D eigenvalue weighted by atomic mass is 35.5. The monoisotopic (exact) mass is 235 g/mol. The number of hydrogen-bond acceptors (Lipinski definition) is 3. The van der Waals surface area contributed by atoms with Gasteiger partial charge in [0, 0.05) is 18.4 Å². The molecule has 82 valence electrons. The number of aryl methyl sites for hydroxylation is 1. The smallest absolute Gasteiger partial charge is 0.222 e. The second-order valence-corrected chi connectivity index (χ2v) is 3.76. The number of carbonyl (C=O) groups is 1. The highest BCUT2D eigenvalue weighted by molar-refractivity contribution is 6.63. The molecule has 0 fully saturated rings. The number of oxazole rings is 1. The first-order valence-corrected chi connectivity index (χ1v) is 5.32. The van der Waals surface area contributed by atoms with Crippen molar-refractivity contribution in [3.05, 3.63) is 42.4 Å². The van der Waals surface area contributed by atoms with Crippen molar-refractivity contribution in [2.75, 3.05) is 0 Å². The summed E-state index contributed by atoms with van der Waals surface area (Å²) in [7, 11) is 0. The van der Waals surface area contributed by atoms with Gasteiger partial charge in [0.05, 0.1) is 6.20 Å². The van der Waals surface area contributed by atoms with Gasteiger partial charge < -0.3 is 4.42 Å². The zero-order valence-corrected chi connectivity index (χ0v) is 9.28. The molecule has 2 rings (SSSR count). The lowest BCUT2D eigenvalue weighted by atomic mass is 10.2. The van der Waals surface area contributed by atoms with Crippen molar-refractivity contribution in [3.63, 3.8) is 0 Å². The Morgan fingerprint density at radius 2 is 2.06 bits per heavy atom. The van der Waals surface area contributed by atoms with Crippen LogP contribution in [-0.4, -0.2) is 10.2 Å². The van der Waals surface area contributed by atoms with E-state index in [2.05, 4.69) is 4.98 Å². The lowest BCUT2D eigenvalue weighted by Gasteiger charge is -1.94. The molecule has 2 aromatic rings. The summed E-state index contributed by atoms with van der Waals surface area (Å²) in [6.07, 6.45) is 2.34. The summed E-state index contributed by atoms with van der Waals surface area (Å²) in [6, 6.07) is 9.68. The topological polar surface area (TPSA) is 43.1 Å². The molecule has 0 atom stereocenters. The van der Waals surface area contributed by atoms with Gasteiger partial charge in [-0.3, -0.25) is 4.79 Å². The lowest BCUT2D eigenvalue weighted by molar-refractivity contribution is -0.111. The number of benzene rings is 1. The third kappa shape index (κ3) is 2.70. The number of halogens is 1. The maximum absolute atomic E-state index is 10.6. The van der Waals surface area contributed by atoms with Crippen molar-refractivity contribution in [1.82, 2.24) is 4.98 Å². The molecule has 16 heavy (non-hydrogen) atoms. The van der Waals surface area contributed by atoms with Crippen LogP contribution in [-0.2, 0) is 11.2 Å². The summed E-state index contributed by atoms with van der Waals surface area (Å²) in [4.78, 5) is 14.7. The van der Waals surface area contributed by atoms with Crippen LogP contribution in [0.3, 0.4) is 0 Å². The highest BCUT2D eigenvalue weighted by Crippen LogP contribution is 2.20. The van der Waals surface area contributed by atoms with Crippen LogP contribution in [0.25, 0.3) is 11.3 Å². The van der Waals surface area contributed by atoms with Crippen LogP contribution in [0.4, 0.5) is 0 Å². The largest absolute Gasteiger partial charge is 0.441 e. The van der Waals surface area contributed by atoms with Gasteiger partial charge in [-0.25, -0.2) is 4.98 Å². The molecule has 3 nitrogen and oxygen atoms in total. The van der Waals surface area contributed by atoms with E-state index in [1.54, 1.807) is 6.20 Å². The van der Waals surface area contributed by atoms with Gasteiger partial charge in [-0.05, 0) is 11.6 Å². The van der Waals surface area contributed by atoms with Crippen molar-refractivity contribution >= 4 is 16.8 Å². The van der Waals surface area contributed by atoms with E-state index in [1.807, 2.05) is 30.3 Å². The van der Waals surface area contributed by atoms with Gasteiger partial charge in [0.2, 0.25) is 5.24 Å². The van der Waals surface area contributed by atoms with Gasteiger partial charge >= 0.3 is 0 Å². The summed E-state index contributed by atoms with van der Waals surface area (Å²) < 4.78 is 5.50. The van der Waals surface area contributed by atoms with E-state index < -0.39 is 0 Å². The zero-order chi connectivity index (χ0) is 11.4. The Bertz CT molecular complexity index is 479. The first-order chi connectivity index (χ1) is 7.75. The molecule has 0 aliphatic heterocycles. The predicted molar refractivity (Wildman–Crippen MR) is 61.1 cm³/mol. The minimum atomic E-state index is -0.375. The lowest BCUT2D eigenvalue weighted by Crippen LogP contribution is -1.90. The summed E-state index contributed by atoms with van der Waals surface area (Å²) in [5, 5.41) is -0.375. The Labute approximate surface area is 98.1 Å². The Hall–Kier alpha value is -1.61. The van der Waals surface area contributed by atoms with Crippen LogP contribution >= 0.6 is 11.6 Å². The van der Waals surface area contributed by atoms with Crippen molar-refractivity contribution in [1.29, 1.82) is 0 Å². The molecule has 0 spiro atoms. The molecule has 0 aliphatic carbocycles. The maximum atomic E-state index is 10.6. The fourth-order valence-electron chi connectivity index (χ4n) is 1.37. The molecule has 0 amide bonds. The number of carbonyl (C=O) groups excluding carboxylic acids is 1. The molecule has 1 aromatic carbocycles. The third-order valence-electron chi connectivity index (χ3n) is 2.15. The second kappa shape index (κ2) is 4.94. The van der Waals surface area contributed by atoms with Crippen molar-refractivity contribution < 1.29 is 9.21 Å². The van der Waals surface area contributed by atoms with Gasteiger partial charge in [0.1, 0.15) is 0 Å². The maximum Gasteiger partial charge on any atom is 0.222 e. The number of nitrogens with zero attached hydrogens (tertiary/aromatic N) is 1. The molecule has 0 saturated carbocycles. The van der Waals surface area contributed by atoms with E-state index in [9.17, 15) is 4.79 Å². The molecule has 1 aromatic heterocycles. The van der Waals surface area contributed by atoms with E-state index in [0.29, 0.717) is 18.1 Å². The fourth-order valence-corrected chi connectivity index (χ4v) is 1.46. The first-order valence-electron chi connectivity index (χ1n) is 4.94. The van der Waals surface area contributed by atoms with Crippen LogP contribution in [0.15, 0.2) is 40.9 Å². The summed E-state index contributed by atoms with van der Waals surface area (Å²) in [6.45, 7) is 0. The van der Waals surface area contributed by atoms with Crippen molar-refractivity contribution in [2.45, 2.75) is 12.8 Å². The van der Waals surface area contributed by atoms with Gasteiger partial charge in [-0.1, -0.05) is 30.3 Å². The Kier molecular flexibility index (Phi) is 3.37.